The van der Waals surface area contributed by atoms with Gasteiger partial charge in [0, 0.05) is 25.7 Å². The van der Waals surface area contributed by atoms with Crippen LogP contribution in [0, 0.1) is 11.8 Å². The van der Waals surface area contributed by atoms with Gasteiger partial charge >= 0.3 is 5.97 Å². The molecule has 0 aromatic heterocycles. The van der Waals surface area contributed by atoms with Gasteiger partial charge in [0.15, 0.2) is 6.29 Å². The maximum atomic E-state index is 11.6. The van der Waals surface area contributed by atoms with Crippen LogP contribution in [0.2, 0.25) is 0 Å². The molecule has 1 aromatic rings. The Morgan fingerprint density at radius 1 is 0.872 bits per heavy atom. The van der Waals surface area contributed by atoms with Gasteiger partial charge in [-0.2, -0.15) is 0 Å². The molecule has 0 bridgehead atoms. The maximum Gasteiger partial charge on any atom is 0.302 e. The minimum absolute atomic E-state index is 0.0697. The number of aliphatic hydroxyl groups is 4. The van der Waals surface area contributed by atoms with E-state index < -0.39 is 43.2 Å². The number of amides is 2. The second-order valence-corrected chi connectivity index (χ2v) is 10.8. The van der Waals surface area contributed by atoms with Gasteiger partial charge in [0.25, 0.3) is 0 Å². The number of nitrogens with one attached hydrogen (secondary N) is 2. The Morgan fingerprint density at radius 2 is 1.46 bits per heavy atom. The van der Waals surface area contributed by atoms with Crippen LogP contribution in [0.5, 0.6) is 0 Å². The first-order valence-corrected chi connectivity index (χ1v) is 13.6. The molecule has 5 unspecified atom stereocenters. The van der Waals surface area contributed by atoms with Crippen LogP contribution in [0.15, 0.2) is 35.2 Å². The molecule has 2 aliphatic heterocycles. The van der Waals surface area contributed by atoms with Crippen LogP contribution in [-0.4, -0.2) is 99.6 Å². The van der Waals surface area contributed by atoms with E-state index in [1.807, 2.05) is 30.3 Å². The summed E-state index contributed by atoms with van der Waals surface area (Å²) >= 11 is 1.58. The van der Waals surface area contributed by atoms with Crippen molar-refractivity contribution in [2.24, 2.45) is 11.8 Å². The minimum atomic E-state index is -1.45. The topological polar surface area (TPSA) is 184 Å². The molecule has 2 fully saturated rings. The largest absolute Gasteiger partial charge is 0.463 e. The fourth-order valence-electron chi connectivity index (χ4n) is 4.34. The molecule has 2 amide bonds. The predicted octanol–water partition coefficient (Wildman–Crippen LogP) is -0.234. The predicted molar refractivity (Wildman–Crippen MR) is 141 cm³/mol. The van der Waals surface area contributed by atoms with Gasteiger partial charge in [-0.1, -0.05) is 43.8 Å². The monoisotopic (exact) mass is 572 g/mol. The highest BCUT2D eigenvalue weighted by Crippen LogP contribution is 2.38. The summed E-state index contributed by atoms with van der Waals surface area (Å²) < 4.78 is 16.2. The lowest BCUT2D eigenvalue weighted by molar-refractivity contribution is -0.253. The number of rotatable bonds is 7. The van der Waals surface area contributed by atoms with Crippen LogP contribution in [0.25, 0.3) is 0 Å². The summed E-state index contributed by atoms with van der Waals surface area (Å²) in [6.45, 7) is 8.01. The first kappa shape index (κ1) is 32.9. The molecule has 3 rings (SSSR count). The van der Waals surface area contributed by atoms with Crippen LogP contribution < -0.4 is 10.6 Å². The van der Waals surface area contributed by atoms with Gasteiger partial charge < -0.3 is 45.3 Å². The van der Waals surface area contributed by atoms with E-state index in [1.165, 1.54) is 20.8 Å². The molecule has 0 radical (unpaired) electrons. The maximum absolute atomic E-state index is 11.6. The van der Waals surface area contributed by atoms with Gasteiger partial charge in [-0.05, 0) is 24.0 Å². The lowest BCUT2D eigenvalue weighted by atomic mass is 9.83. The molecule has 13 heteroatoms. The Labute approximate surface area is 232 Å². The van der Waals surface area contributed by atoms with Crippen LogP contribution in [0.3, 0.4) is 0 Å². The molecule has 220 valence electrons. The molecule has 2 aliphatic rings. The van der Waals surface area contributed by atoms with E-state index in [4.69, 9.17) is 19.3 Å². The highest BCUT2D eigenvalue weighted by Gasteiger charge is 2.44. The standard InChI is InChI=1S/C18H25NO4S.C8H15NO6/c1-11-12(2)17(19-13(3)20)18(23-16(11)10-22-14(4)21)24-15-8-6-5-7-9-15;1-3(11)9-5-7(13)6(12)4(2-10)15-8(5)14/h5-9,11-12,16-18H,10H2,1-4H3,(H,19,20);4-8,10,12-14H,2H2,1H3,(H,9,11)/t11-,12?,16?,17-,18-;4?,5-,6+,7?,8?/m00/s1. The minimum Gasteiger partial charge on any atom is -0.463 e. The van der Waals surface area contributed by atoms with Crippen molar-refractivity contribution in [3.8, 4) is 0 Å². The summed E-state index contributed by atoms with van der Waals surface area (Å²) in [7, 11) is 0. The average molecular weight is 573 g/mol. The first-order chi connectivity index (χ1) is 18.3. The van der Waals surface area contributed by atoms with Crippen molar-refractivity contribution >= 4 is 29.5 Å². The van der Waals surface area contributed by atoms with Gasteiger partial charge in [0.1, 0.15) is 36.4 Å². The Morgan fingerprint density at radius 3 is 2.00 bits per heavy atom. The number of benzene rings is 1. The van der Waals surface area contributed by atoms with Crippen molar-refractivity contribution in [2.45, 2.75) is 87.7 Å². The first-order valence-electron chi connectivity index (χ1n) is 12.7. The van der Waals surface area contributed by atoms with Crippen molar-refractivity contribution in [3.05, 3.63) is 30.3 Å². The SMILES string of the molecule is CC(=O)N[C@@H]1C(O)OC(CO)[C@@H](O)C1O.CC(=O)N[C@H]1C(C)[C@H](C)C(COC(C)=O)O[C@H]1Sc1ccccc1. The third-order valence-corrected chi connectivity index (χ3v) is 7.85. The highest BCUT2D eigenvalue weighted by atomic mass is 32.2. The van der Waals surface area contributed by atoms with E-state index in [-0.39, 0.29) is 47.9 Å². The van der Waals surface area contributed by atoms with Crippen LogP contribution in [0.4, 0.5) is 0 Å². The second kappa shape index (κ2) is 15.5. The summed E-state index contributed by atoms with van der Waals surface area (Å²) in [4.78, 5) is 34.5. The summed E-state index contributed by atoms with van der Waals surface area (Å²) in [5.74, 6) is -0.482. The van der Waals surface area contributed by atoms with Gasteiger partial charge in [-0.15, -0.1) is 0 Å². The zero-order valence-electron chi connectivity index (χ0n) is 22.7. The Bertz CT molecular complexity index is 937. The van der Waals surface area contributed by atoms with E-state index >= 15 is 0 Å². The van der Waals surface area contributed by atoms with Crippen LogP contribution in [-0.2, 0) is 28.6 Å². The third-order valence-electron chi connectivity index (χ3n) is 6.67. The summed E-state index contributed by atoms with van der Waals surface area (Å²) in [6, 6.07) is 8.75. The Kier molecular flexibility index (Phi) is 13.1. The molecule has 6 N–H and O–H groups in total. The number of carbonyl (C=O) groups is 3. The average Bonchev–Trinajstić information content (AvgIpc) is 2.88. The number of hydrogen-bond donors (Lipinski definition) is 6. The second-order valence-electron chi connectivity index (χ2n) is 9.68. The van der Waals surface area contributed by atoms with E-state index in [9.17, 15) is 29.7 Å². The van der Waals surface area contributed by atoms with Crippen molar-refractivity contribution in [2.75, 3.05) is 13.2 Å². The molecule has 10 atom stereocenters. The normalized spacial score (nSPS) is 34.2. The smallest absolute Gasteiger partial charge is 0.302 e. The molecule has 1 aromatic carbocycles. The fourth-order valence-corrected chi connectivity index (χ4v) is 5.58. The Hall–Kier alpha value is -2.26. The number of hydrogen-bond acceptors (Lipinski definition) is 11. The van der Waals surface area contributed by atoms with E-state index in [0.29, 0.717) is 0 Å². The molecule has 12 nitrogen and oxygen atoms in total. The molecular weight excluding hydrogens is 532 g/mol. The van der Waals surface area contributed by atoms with Gasteiger partial charge in [0.05, 0.1) is 18.8 Å². The third kappa shape index (κ3) is 9.71. The van der Waals surface area contributed by atoms with Gasteiger partial charge in [0.2, 0.25) is 11.8 Å². The van der Waals surface area contributed by atoms with Crippen molar-refractivity contribution in [1.82, 2.24) is 10.6 Å². The fraction of sp³-hybridized carbons (Fsp3) is 0.654. The molecular formula is C26H40N2O10S. The molecule has 2 heterocycles. The Balaban J connectivity index is 0.000000306. The van der Waals surface area contributed by atoms with Crippen molar-refractivity contribution in [3.63, 3.8) is 0 Å². The molecule has 0 aliphatic carbocycles. The number of thioether (sulfide) groups is 1. The summed E-state index contributed by atoms with van der Waals surface area (Å²) in [5, 5.41) is 42.4. The van der Waals surface area contributed by atoms with Gasteiger partial charge in [-0.3, -0.25) is 14.4 Å². The lowest BCUT2D eigenvalue weighted by Crippen LogP contribution is -2.63. The quantitative estimate of drug-likeness (QED) is 0.237. The molecule has 2 saturated heterocycles. The van der Waals surface area contributed by atoms with Crippen LogP contribution in [0.1, 0.15) is 34.6 Å². The van der Waals surface area contributed by atoms with E-state index in [0.717, 1.165) is 4.90 Å². The number of ether oxygens (including phenoxy) is 3. The van der Waals surface area contributed by atoms with Crippen LogP contribution >= 0.6 is 11.8 Å². The summed E-state index contributed by atoms with van der Waals surface area (Å²) in [5.41, 5.74) is -0.233. The lowest BCUT2D eigenvalue weighted by Gasteiger charge is -2.44. The molecule has 0 saturated carbocycles. The number of carbonyl (C=O) groups excluding carboxylic acids is 3. The van der Waals surface area contributed by atoms with E-state index in [2.05, 4.69) is 24.5 Å². The van der Waals surface area contributed by atoms with Gasteiger partial charge in [-0.25, -0.2) is 0 Å². The number of esters is 1. The summed E-state index contributed by atoms with van der Waals surface area (Å²) in [6.07, 6.45) is -5.43. The van der Waals surface area contributed by atoms with Crippen molar-refractivity contribution in [1.29, 1.82) is 0 Å². The van der Waals surface area contributed by atoms with E-state index in [1.54, 1.807) is 11.8 Å². The van der Waals surface area contributed by atoms with Crippen molar-refractivity contribution < 1.29 is 49.0 Å². The highest BCUT2D eigenvalue weighted by molar-refractivity contribution is 7.99. The molecule has 39 heavy (non-hydrogen) atoms. The zero-order chi connectivity index (χ0) is 29.3. The molecule has 0 spiro atoms. The number of aliphatic hydroxyl groups excluding tert-OH is 4. The zero-order valence-corrected chi connectivity index (χ0v) is 23.5.